The standard InChI is InChI=1S/C20H25F2NO4S2/c1-19(2,3)28(24)23-18(15-27-14-16-10-6-4-7-11-16)20(21,22)29(25,26)17-12-8-5-9-13-17/h4-13,18,23H,14-15H2,1-3H3/t18?,28-/m1/s1. The minimum absolute atomic E-state index is 0.0165. The van der Waals surface area contributed by atoms with Crippen molar-refractivity contribution in [1.82, 2.24) is 4.72 Å². The van der Waals surface area contributed by atoms with Crippen LogP contribution in [0.15, 0.2) is 65.6 Å². The van der Waals surface area contributed by atoms with Gasteiger partial charge in [-0.05, 0) is 38.5 Å². The summed E-state index contributed by atoms with van der Waals surface area (Å²) in [7, 11) is -5.03. The molecule has 0 bridgehead atoms. The molecule has 0 aliphatic rings. The molecular formula is C20H25F2NO4S2. The highest BCUT2D eigenvalue weighted by Crippen LogP contribution is 2.33. The number of alkyl halides is 2. The van der Waals surface area contributed by atoms with Crippen molar-refractivity contribution in [2.45, 2.75) is 48.3 Å². The van der Waals surface area contributed by atoms with Gasteiger partial charge >= 0.3 is 5.25 Å². The van der Waals surface area contributed by atoms with Crippen molar-refractivity contribution in [3.63, 3.8) is 0 Å². The van der Waals surface area contributed by atoms with E-state index in [9.17, 15) is 13.0 Å². The van der Waals surface area contributed by atoms with Crippen LogP contribution in [0.2, 0.25) is 0 Å². The van der Waals surface area contributed by atoms with E-state index in [0.29, 0.717) is 0 Å². The van der Waals surface area contributed by atoms with E-state index in [1.165, 1.54) is 18.2 Å². The van der Waals surface area contributed by atoms with Crippen LogP contribution in [-0.2, 0) is 32.5 Å². The summed E-state index contributed by atoms with van der Waals surface area (Å²) < 4.78 is 74.8. The van der Waals surface area contributed by atoms with E-state index in [2.05, 4.69) is 4.72 Å². The maximum atomic E-state index is 15.2. The first-order chi connectivity index (χ1) is 13.5. The Morgan fingerprint density at radius 2 is 1.55 bits per heavy atom. The van der Waals surface area contributed by atoms with Crippen molar-refractivity contribution in [1.29, 1.82) is 0 Å². The van der Waals surface area contributed by atoms with Gasteiger partial charge in [-0.25, -0.2) is 8.42 Å². The first-order valence-electron chi connectivity index (χ1n) is 8.93. The summed E-state index contributed by atoms with van der Waals surface area (Å²) in [4.78, 5) is -0.513. The zero-order valence-corrected chi connectivity index (χ0v) is 18.1. The highest BCUT2D eigenvalue weighted by atomic mass is 32.2. The maximum Gasteiger partial charge on any atom is 0.371 e. The van der Waals surface area contributed by atoms with Crippen molar-refractivity contribution in [2.75, 3.05) is 6.61 Å². The summed E-state index contributed by atoms with van der Waals surface area (Å²) >= 11 is -1.93. The van der Waals surface area contributed by atoms with Crippen LogP contribution in [0, 0.1) is 0 Å². The van der Waals surface area contributed by atoms with Crippen LogP contribution in [0.5, 0.6) is 0 Å². The average Bonchev–Trinajstić information content (AvgIpc) is 2.67. The third-order valence-electron chi connectivity index (χ3n) is 4.02. The zero-order valence-electron chi connectivity index (χ0n) is 16.5. The molecule has 0 amide bonds. The topological polar surface area (TPSA) is 78.5 Å². The predicted octanol–water partition coefficient (Wildman–Crippen LogP) is 3.69. The number of sulfone groups is 1. The molecule has 2 aromatic carbocycles. The second kappa shape index (κ2) is 9.53. The molecule has 0 aliphatic heterocycles. The predicted molar refractivity (Wildman–Crippen MR) is 109 cm³/mol. The average molecular weight is 446 g/mol. The number of ether oxygens (including phenoxy) is 1. The lowest BCUT2D eigenvalue weighted by Crippen LogP contribution is -2.57. The second-order valence-electron chi connectivity index (χ2n) is 7.43. The summed E-state index contributed by atoms with van der Waals surface area (Å²) in [5.41, 5.74) is 0.748. The monoisotopic (exact) mass is 445 g/mol. The van der Waals surface area contributed by atoms with Crippen LogP contribution in [0.4, 0.5) is 8.78 Å². The Bertz CT molecular complexity index is 872. The Morgan fingerprint density at radius 1 is 1.03 bits per heavy atom. The van der Waals surface area contributed by atoms with Crippen LogP contribution in [0.1, 0.15) is 26.3 Å². The van der Waals surface area contributed by atoms with E-state index < -0.39 is 48.7 Å². The summed E-state index contributed by atoms with van der Waals surface area (Å²) in [6.45, 7) is 4.17. The third-order valence-corrected chi connectivity index (χ3v) is 7.52. The summed E-state index contributed by atoms with van der Waals surface area (Å²) in [5.74, 6) is 0. The van der Waals surface area contributed by atoms with Crippen molar-refractivity contribution in [3.05, 3.63) is 66.2 Å². The summed E-state index contributed by atoms with van der Waals surface area (Å²) in [6, 6.07) is 13.3. The number of rotatable bonds is 9. The Morgan fingerprint density at radius 3 is 2.07 bits per heavy atom. The fourth-order valence-corrected chi connectivity index (χ4v) is 4.55. The van der Waals surface area contributed by atoms with Gasteiger partial charge in [0.25, 0.3) is 0 Å². The molecule has 2 atom stereocenters. The van der Waals surface area contributed by atoms with E-state index in [1.807, 2.05) is 0 Å². The van der Waals surface area contributed by atoms with Crippen LogP contribution in [0.3, 0.4) is 0 Å². The molecule has 0 heterocycles. The van der Waals surface area contributed by atoms with Gasteiger partial charge in [-0.15, -0.1) is 4.72 Å². The number of nitrogens with one attached hydrogen (secondary N) is 1. The molecule has 0 saturated carbocycles. The normalized spacial score (nSPS) is 15.1. The lowest BCUT2D eigenvalue weighted by molar-refractivity contribution is 0.00323. The minimum Gasteiger partial charge on any atom is -0.598 e. The van der Waals surface area contributed by atoms with Crippen LogP contribution >= 0.6 is 0 Å². The van der Waals surface area contributed by atoms with Gasteiger partial charge in [0.1, 0.15) is 4.75 Å². The van der Waals surface area contributed by atoms with Gasteiger partial charge in [0.15, 0.2) is 6.04 Å². The maximum absolute atomic E-state index is 15.2. The van der Waals surface area contributed by atoms with Crippen molar-refractivity contribution < 1.29 is 26.5 Å². The van der Waals surface area contributed by atoms with Crippen LogP contribution in [0.25, 0.3) is 0 Å². The Hall–Kier alpha value is -1.52. The third kappa shape index (κ3) is 5.99. The van der Waals surface area contributed by atoms with E-state index in [4.69, 9.17) is 4.74 Å². The van der Waals surface area contributed by atoms with E-state index in [0.717, 1.165) is 17.7 Å². The lowest BCUT2D eigenvalue weighted by Gasteiger charge is -2.31. The minimum atomic E-state index is -5.03. The summed E-state index contributed by atoms with van der Waals surface area (Å²) in [6.07, 6.45) is 0. The molecule has 0 spiro atoms. The zero-order chi connectivity index (χ0) is 21.7. The van der Waals surface area contributed by atoms with Gasteiger partial charge in [0, 0.05) is 11.4 Å². The molecule has 29 heavy (non-hydrogen) atoms. The Kier molecular flexibility index (Phi) is 7.80. The Balaban J connectivity index is 2.26. The number of hydrogen-bond acceptors (Lipinski definition) is 5. The van der Waals surface area contributed by atoms with Crippen molar-refractivity contribution in [2.24, 2.45) is 0 Å². The van der Waals surface area contributed by atoms with Crippen molar-refractivity contribution in [3.8, 4) is 0 Å². The van der Waals surface area contributed by atoms with Gasteiger partial charge in [0.05, 0.1) is 18.1 Å². The molecule has 0 aromatic heterocycles. The number of halogens is 2. The molecule has 2 aromatic rings. The van der Waals surface area contributed by atoms with Crippen molar-refractivity contribution >= 4 is 21.2 Å². The van der Waals surface area contributed by atoms with E-state index in [-0.39, 0.29) is 6.61 Å². The molecule has 2 rings (SSSR count). The SMILES string of the molecule is CC(C)(C)[S@@+]([O-])NC(COCc1ccccc1)C(F)(F)S(=O)(=O)c1ccccc1. The second-order valence-corrected chi connectivity index (χ2v) is 11.5. The van der Waals surface area contributed by atoms with E-state index in [1.54, 1.807) is 51.1 Å². The lowest BCUT2D eigenvalue weighted by atomic mass is 10.2. The van der Waals surface area contributed by atoms with Crippen LogP contribution in [-0.4, -0.2) is 35.6 Å². The highest BCUT2D eigenvalue weighted by molar-refractivity contribution is 7.93. The number of benzene rings is 2. The first-order valence-corrected chi connectivity index (χ1v) is 11.6. The highest BCUT2D eigenvalue weighted by Gasteiger charge is 2.55. The van der Waals surface area contributed by atoms with Gasteiger partial charge < -0.3 is 9.29 Å². The molecule has 1 N–H and O–H groups in total. The fraction of sp³-hybridized carbons (Fsp3) is 0.400. The molecule has 160 valence electrons. The molecule has 0 radical (unpaired) electrons. The molecule has 5 nitrogen and oxygen atoms in total. The summed E-state index contributed by atoms with van der Waals surface area (Å²) in [5, 5.41) is -4.24. The smallest absolute Gasteiger partial charge is 0.371 e. The van der Waals surface area contributed by atoms with E-state index >= 15 is 8.78 Å². The van der Waals surface area contributed by atoms with Gasteiger partial charge in [-0.1, -0.05) is 48.5 Å². The van der Waals surface area contributed by atoms with Crippen LogP contribution < -0.4 is 4.72 Å². The molecular weight excluding hydrogens is 420 g/mol. The molecule has 0 aliphatic carbocycles. The fourth-order valence-electron chi connectivity index (χ4n) is 2.32. The van der Waals surface area contributed by atoms with Gasteiger partial charge in [-0.3, -0.25) is 0 Å². The Labute approximate surface area is 173 Å². The largest absolute Gasteiger partial charge is 0.598 e. The first kappa shape index (κ1) is 23.8. The van der Waals surface area contributed by atoms with Gasteiger partial charge in [-0.2, -0.15) is 8.78 Å². The molecule has 0 saturated heterocycles. The quantitative estimate of drug-likeness (QED) is 0.596. The molecule has 0 fully saturated rings. The molecule has 9 heteroatoms. The number of hydrogen-bond donors (Lipinski definition) is 1. The molecule has 1 unspecified atom stereocenters. The van der Waals surface area contributed by atoms with Gasteiger partial charge in [0.2, 0.25) is 9.84 Å².